The minimum absolute atomic E-state index is 0.111. The van der Waals surface area contributed by atoms with Crippen LogP contribution in [0.15, 0.2) is 53.1 Å². The molecule has 1 N–H and O–H groups in total. The second-order valence-electron chi connectivity index (χ2n) is 6.38. The van der Waals surface area contributed by atoms with Crippen LogP contribution in [0.4, 0.5) is 0 Å². The molecule has 0 aliphatic rings. The summed E-state index contributed by atoms with van der Waals surface area (Å²) < 4.78 is 21.0. The number of nitrogens with one attached hydrogen (secondary N) is 1. The number of nitrogens with zero attached hydrogens (tertiary/aromatic N) is 1. The van der Waals surface area contributed by atoms with Gasteiger partial charge in [-0.25, -0.2) is 0 Å². The third-order valence-electron chi connectivity index (χ3n) is 4.46. The zero-order valence-electron chi connectivity index (χ0n) is 16.7. The lowest BCUT2D eigenvalue weighted by atomic mass is 10.1. The number of rotatable bonds is 9. The summed E-state index contributed by atoms with van der Waals surface area (Å²) in [4.78, 5) is 12.2. The predicted octanol–water partition coefficient (Wildman–Crippen LogP) is 3.27. The monoisotopic (exact) mass is 396 g/mol. The van der Waals surface area contributed by atoms with E-state index in [9.17, 15) is 4.79 Å². The van der Waals surface area contributed by atoms with Crippen molar-refractivity contribution in [3.8, 4) is 28.6 Å². The SMILES string of the molecule is COc1ccc(-c2cc(CC(=O)NCCc3ccc(OC)c(OC)c3)no2)cc1. The molecule has 0 aliphatic heterocycles. The van der Waals surface area contributed by atoms with E-state index in [4.69, 9.17) is 18.7 Å². The van der Waals surface area contributed by atoms with Crippen LogP contribution in [0.3, 0.4) is 0 Å². The van der Waals surface area contributed by atoms with Gasteiger partial charge >= 0.3 is 0 Å². The van der Waals surface area contributed by atoms with E-state index in [1.807, 2.05) is 42.5 Å². The fraction of sp³-hybridized carbons (Fsp3) is 0.273. The first-order valence-electron chi connectivity index (χ1n) is 9.20. The zero-order chi connectivity index (χ0) is 20.6. The maximum Gasteiger partial charge on any atom is 0.226 e. The summed E-state index contributed by atoms with van der Waals surface area (Å²) in [5.74, 6) is 2.62. The van der Waals surface area contributed by atoms with Crippen LogP contribution in [0.1, 0.15) is 11.3 Å². The van der Waals surface area contributed by atoms with E-state index >= 15 is 0 Å². The van der Waals surface area contributed by atoms with Crippen molar-refractivity contribution in [3.05, 3.63) is 59.8 Å². The van der Waals surface area contributed by atoms with E-state index in [0.29, 0.717) is 35.9 Å². The Balaban J connectivity index is 1.50. The van der Waals surface area contributed by atoms with Gasteiger partial charge in [-0.3, -0.25) is 4.79 Å². The average Bonchev–Trinajstić information content (AvgIpc) is 3.22. The molecule has 0 atom stereocenters. The van der Waals surface area contributed by atoms with Gasteiger partial charge in [0.05, 0.1) is 33.4 Å². The Hall–Kier alpha value is -3.48. The first kappa shape index (κ1) is 20.3. The molecular formula is C22H24N2O5. The van der Waals surface area contributed by atoms with Crippen molar-refractivity contribution in [2.75, 3.05) is 27.9 Å². The second-order valence-corrected chi connectivity index (χ2v) is 6.38. The van der Waals surface area contributed by atoms with Gasteiger partial charge in [0.15, 0.2) is 17.3 Å². The lowest BCUT2D eigenvalue weighted by Crippen LogP contribution is -2.27. The van der Waals surface area contributed by atoms with Gasteiger partial charge in [-0.2, -0.15) is 0 Å². The third kappa shape index (κ3) is 5.28. The molecule has 0 spiro atoms. The standard InChI is InChI=1S/C22H24N2O5/c1-26-18-7-5-16(6-8-18)20-13-17(24-29-20)14-22(25)23-11-10-15-4-9-19(27-2)21(12-15)28-3/h4-9,12-13H,10-11,14H2,1-3H3,(H,23,25). The van der Waals surface area contributed by atoms with Gasteiger partial charge in [-0.15, -0.1) is 0 Å². The zero-order valence-corrected chi connectivity index (χ0v) is 16.7. The number of amides is 1. The molecule has 29 heavy (non-hydrogen) atoms. The highest BCUT2D eigenvalue weighted by molar-refractivity contribution is 5.78. The number of carbonyl (C=O) groups excluding carboxylic acids is 1. The third-order valence-corrected chi connectivity index (χ3v) is 4.46. The molecule has 0 saturated carbocycles. The molecule has 7 heteroatoms. The Kier molecular flexibility index (Phi) is 6.73. The van der Waals surface area contributed by atoms with Gasteiger partial charge in [0.1, 0.15) is 5.75 Å². The van der Waals surface area contributed by atoms with E-state index in [2.05, 4.69) is 10.5 Å². The number of aromatic nitrogens is 1. The Bertz CT molecular complexity index is 950. The molecule has 3 aromatic rings. The summed E-state index contributed by atoms with van der Waals surface area (Å²) in [5.41, 5.74) is 2.50. The first-order chi connectivity index (χ1) is 14.1. The number of carbonyl (C=O) groups is 1. The molecule has 3 rings (SSSR count). The Morgan fingerprint density at radius 2 is 1.72 bits per heavy atom. The smallest absolute Gasteiger partial charge is 0.226 e. The quantitative estimate of drug-likeness (QED) is 0.598. The summed E-state index contributed by atoms with van der Waals surface area (Å²) >= 11 is 0. The maximum absolute atomic E-state index is 12.2. The van der Waals surface area contributed by atoms with Crippen LogP contribution >= 0.6 is 0 Å². The molecular weight excluding hydrogens is 372 g/mol. The highest BCUT2D eigenvalue weighted by atomic mass is 16.5. The highest BCUT2D eigenvalue weighted by Crippen LogP contribution is 2.27. The van der Waals surface area contributed by atoms with Crippen LogP contribution in [0.5, 0.6) is 17.2 Å². The molecule has 2 aromatic carbocycles. The molecule has 0 saturated heterocycles. The molecule has 0 aliphatic carbocycles. The summed E-state index contributed by atoms with van der Waals surface area (Å²) in [6.45, 7) is 0.511. The van der Waals surface area contributed by atoms with E-state index in [1.165, 1.54) is 0 Å². The predicted molar refractivity (Wildman–Crippen MR) is 108 cm³/mol. The summed E-state index contributed by atoms with van der Waals surface area (Å²) in [6.07, 6.45) is 0.841. The Morgan fingerprint density at radius 1 is 0.966 bits per heavy atom. The van der Waals surface area contributed by atoms with Gasteiger partial charge in [-0.1, -0.05) is 11.2 Å². The van der Waals surface area contributed by atoms with E-state index in [1.54, 1.807) is 27.4 Å². The van der Waals surface area contributed by atoms with Crippen molar-refractivity contribution < 1.29 is 23.5 Å². The van der Waals surface area contributed by atoms with Crippen molar-refractivity contribution in [1.29, 1.82) is 0 Å². The van der Waals surface area contributed by atoms with Crippen molar-refractivity contribution in [1.82, 2.24) is 10.5 Å². The van der Waals surface area contributed by atoms with Crippen LogP contribution < -0.4 is 19.5 Å². The minimum atomic E-state index is -0.111. The Morgan fingerprint density at radius 3 is 2.41 bits per heavy atom. The van der Waals surface area contributed by atoms with E-state index in [0.717, 1.165) is 16.9 Å². The first-order valence-corrected chi connectivity index (χ1v) is 9.20. The molecule has 7 nitrogen and oxygen atoms in total. The highest BCUT2D eigenvalue weighted by Gasteiger charge is 2.11. The Labute approximate surface area is 169 Å². The lowest BCUT2D eigenvalue weighted by molar-refractivity contribution is -0.120. The molecule has 152 valence electrons. The largest absolute Gasteiger partial charge is 0.497 e. The van der Waals surface area contributed by atoms with Gasteiger partial charge in [0, 0.05) is 18.2 Å². The van der Waals surface area contributed by atoms with E-state index in [-0.39, 0.29) is 12.3 Å². The topological polar surface area (TPSA) is 82.8 Å². The number of hydrogen-bond donors (Lipinski definition) is 1. The normalized spacial score (nSPS) is 10.4. The minimum Gasteiger partial charge on any atom is -0.497 e. The van der Waals surface area contributed by atoms with Crippen molar-refractivity contribution >= 4 is 5.91 Å². The van der Waals surface area contributed by atoms with Gasteiger partial charge in [-0.05, 0) is 48.4 Å². The van der Waals surface area contributed by atoms with Gasteiger partial charge in [0.25, 0.3) is 0 Å². The molecule has 0 radical (unpaired) electrons. The van der Waals surface area contributed by atoms with E-state index < -0.39 is 0 Å². The van der Waals surface area contributed by atoms with Crippen LogP contribution in [-0.2, 0) is 17.6 Å². The average molecular weight is 396 g/mol. The molecule has 1 aromatic heterocycles. The van der Waals surface area contributed by atoms with Crippen LogP contribution in [0.25, 0.3) is 11.3 Å². The van der Waals surface area contributed by atoms with Gasteiger partial charge in [0.2, 0.25) is 5.91 Å². The van der Waals surface area contributed by atoms with Crippen LogP contribution in [-0.4, -0.2) is 38.9 Å². The summed E-state index contributed by atoms with van der Waals surface area (Å²) in [7, 11) is 4.81. The molecule has 1 heterocycles. The lowest BCUT2D eigenvalue weighted by Gasteiger charge is -2.10. The molecule has 0 fully saturated rings. The number of ether oxygens (including phenoxy) is 3. The van der Waals surface area contributed by atoms with Gasteiger partial charge < -0.3 is 24.1 Å². The number of benzene rings is 2. The summed E-state index contributed by atoms with van der Waals surface area (Å²) in [6, 6.07) is 14.9. The van der Waals surface area contributed by atoms with Crippen LogP contribution in [0, 0.1) is 0 Å². The van der Waals surface area contributed by atoms with Crippen molar-refractivity contribution in [3.63, 3.8) is 0 Å². The summed E-state index contributed by atoms with van der Waals surface area (Å²) in [5, 5.41) is 6.89. The number of methoxy groups -OCH3 is 3. The van der Waals surface area contributed by atoms with Crippen molar-refractivity contribution in [2.24, 2.45) is 0 Å². The maximum atomic E-state index is 12.2. The molecule has 0 unspecified atom stereocenters. The van der Waals surface area contributed by atoms with Crippen LogP contribution in [0.2, 0.25) is 0 Å². The fourth-order valence-corrected chi connectivity index (χ4v) is 2.90. The number of hydrogen-bond acceptors (Lipinski definition) is 6. The second kappa shape index (κ2) is 9.64. The molecule has 1 amide bonds. The van der Waals surface area contributed by atoms with Crippen molar-refractivity contribution in [2.45, 2.75) is 12.8 Å². The molecule has 0 bridgehead atoms. The fourth-order valence-electron chi connectivity index (χ4n) is 2.90.